The predicted octanol–water partition coefficient (Wildman–Crippen LogP) is 1.41. The Bertz CT molecular complexity index is 316. The van der Waals surface area contributed by atoms with Crippen LogP contribution in [-0.2, 0) is 8.37 Å². The standard InChI is InChI=1S/C7H9N3O2S/c1-11-13(12-2)6-10-7-8-4-3-5-9-7/h3-5H,1-2H3. The summed E-state index contributed by atoms with van der Waals surface area (Å²) < 4.78 is 9.73. The van der Waals surface area contributed by atoms with E-state index in [4.69, 9.17) is 8.37 Å². The lowest BCUT2D eigenvalue weighted by atomic mass is 10.7. The first kappa shape index (κ1) is 10.0. The van der Waals surface area contributed by atoms with Crippen LogP contribution in [0.5, 0.6) is 0 Å². The van der Waals surface area contributed by atoms with Gasteiger partial charge in [0.1, 0.15) is 11.0 Å². The highest BCUT2D eigenvalue weighted by Crippen LogP contribution is 2.10. The van der Waals surface area contributed by atoms with Gasteiger partial charge in [-0.05, 0) is 6.07 Å². The van der Waals surface area contributed by atoms with Crippen LogP contribution >= 0.6 is 11.0 Å². The average Bonchev–Trinajstić information content (AvgIpc) is 2.21. The van der Waals surface area contributed by atoms with Gasteiger partial charge in [-0.3, -0.25) is 8.37 Å². The molecular weight excluding hydrogens is 190 g/mol. The van der Waals surface area contributed by atoms with E-state index in [1.165, 1.54) is 14.2 Å². The summed E-state index contributed by atoms with van der Waals surface area (Å²) in [7, 11) is 3.03. The summed E-state index contributed by atoms with van der Waals surface area (Å²) in [4.78, 5) is 11.6. The van der Waals surface area contributed by atoms with Crippen molar-refractivity contribution >= 4 is 22.2 Å². The van der Waals surface area contributed by atoms with E-state index in [2.05, 4.69) is 20.1 Å². The van der Waals surface area contributed by atoms with Crippen LogP contribution in [0, 0.1) is 0 Å². The van der Waals surface area contributed by atoms with Crippen molar-refractivity contribution in [1.29, 1.82) is 0 Å². The molecule has 1 aromatic rings. The summed E-state index contributed by atoms with van der Waals surface area (Å²) in [6.07, 6.45) is 3.20. The van der Waals surface area contributed by atoms with Gasteiger partial charge in [0.25, 0.3) is 5.95 Å². The molecule has 13 heavy (non-hydrogen) atoms. The van der Waals surface area contributed by atoms with Gasteiger partial charge in [0.05, 0.1) is 19.4 Å². The average molecular weight is 199 g/mol. The quantitative estimate of drug-likeness (QED) is 0.545. The molecule has 0 aliphatic heterocycles. The molecule has 1 heterocycles. The van der Waals surface area contributed by atoms with Gasteiger partial charge in [0, 0.05) is 12.4 Å². The van der Waals surface area contributed by atoms with E-state index < -0.39 is 11.0 Å². The fraction of sp³-hybridized carbons (Fsp3) is 0.286. The minimum Gasteiger partial charge on any atom is -0.295 e. The first-order valence-electron chi connectivity index (χ1n) is 3.43. The van der Waals surface area contributed by atoms with Gasteiger partial charge in [0.2, 0.25) is 0 Å². The molecule has 6 heteroatoms. The van der Waals surface area contributed by atoms with Crippen molar-refractivity contribution in [2.45, 2.75) is 0 Å². The van der Waals surface area contributed by atoms with Gasteiger partial charge in [-0.15, -0.1) is 0 Å². The molecule has 0 aliphatic carbocycles. The predicted molar refractivity (Wildman–Crippen MR) is 50.7 cm³/mol. The number of aliphatic imine (C=N–C) groups is 1. The van der Waals surface area contributed by atoms with E-state index in [0.717, 1.165) is 0 Å². The van der Waals surface area contributed by atoms with Crippen LogP contribution < -0.4 is 0 Å². The maximum absolute atomic E-state index is 4.87. The third-order valence-corrected chi connectivity index (χ3v) is 1.92. The van der Waals surface area contributed by atoms with E-state index in [0.29, 0.717) is 5.95 Å². The highest BCUT2D eigenvalue weighted by molar-refractivity contribution is 8.06. The van der Waals surface area contributed by atoms with Crippen molar-refractivity contribution in [3.63, 3.8) is 0 Å². The Morgan fingerprint density at radius 1 is 1.31 bits per heavy atom. The largest absolute Gasteiger partial charge is 0.295 e. The Balaban J connectivity index is 2.83. The lowest BCUT2D eigenvalue weighted by Crippen LogP contribution is -1.79. The number of hydrogen-bond acceptors (Lipinski definition) is 5. The van der Waals surface area contributed by atoms with Gasteiger partial charge in [-0.25, -0.2) is 9.97 Å². The van der Waals surface area contributed by atoms with Crippen LogP contribution in [0.4, 0.5) is 5.95 Å². The summed E-state index contributed by atoms with van der Waals surface area (Å²) in [6.45, 7) is 0. The number of hydrogen-bond donors (Lipinski definition) is 0. The van der Waals surface area contributed by atoms with Gasteiger partial charge >= 0.3 is 0 Å². The van der Waals surface area contributed by atoms with Crippen LogP contribution in [-0.4, -0.2) is 29.3 Å². The van der Waals surface area contributed by atoms with E-state index in [1.54, 1.807) is 18.5 Å². The molecule has 0 saturated carbocycles. The van der Waals surface area contributed by atoms with Crippen molar-refractivity contribution in [2.75, 3.05) is 14.2 Å². The zero-order valence-corrected chi connectivity index (χ0v) is 8.11. The second-order valence-electron chi connectivity index (χ2n) is 1.82. The molecule has 0 saturated heterocycles. The molecule has 70 valence electrons. The molecular formula is C7H9N3O2S. The molecule has 0 N–H and O–H groups in total. The van der Waals surface area contributed by atoms with Crippen LogP contribution in [0.1, 0.15) is 0 Å². The first-order chi connectivity index (χ1) is 6.36. The fourth-order valence-electron chi connectivity index (χ4n) is 0.570. The molecule has 0 amide bonds. The molecule has 0 spiro atoms. The summed E-state index contributed by atoms with van der Waals surface area (Å²) in [5.74, 6) is 0.342. The van der Waals surface area contributed by atoms with Gasteiger partial charge in [-0.1, -0.05) is 0 Å². The normalized spacial score (nSPS) is 9.77. The molecule has 1 aromatic heterocycles. The number of rotatable bonds is 3. The fourth-order valence-corrected chi connectivity index (χ4v) is 1.01. The maximum Gasteiger partial charge on any atom is 0.258 e. The molecule has 0 radical (unpaired) electrons. The topological polar surface area (TPSA) is 56.6 Å². The summed E-state index contributed by atoms with van der Waals surface area (Å²) in [5.41, 5.74) is 0. The molecule has 0 aromatic carbocycles. The van der Waals surface area contributed by atoms with E-state index in [1.807, 2.05) is 0 Å². The minimum atomic E-state index is -0.836. The van der Waals surface area contributed by atoms with Crippen molar-refractivity contribution in [1.82, 2.24) is 9.97 Å². The summed E-state index contributed by atoms with van der Waals surface area (Å²) in [5, 5.41) is 2.62. The van der Waals surface area contributed by atoms with Crippen LogP contribution in [0.25, 0.3) is 0 Å². The SMILES string of the molecule is COS(=C=Nc1ncccn1)OC. The first-order valence-corrected chi connectivity index (χ1v) is 4.51. The molecule has 0 fully saturated rings. The van der Waals surface area contributed by atoms with E-state index >= 15 is 0 Å². The lowest BCUT2D eigenvalue weighted by Gasteiger charge is -1.94. The Morgan fingerprint density at radius 3 is 2.46 bits per heavy atom. The number of aromatic nitrogens is 2. The molecule has 0 bridgehead atoms. The molecule has 0 atom stereocenters. The molecule has 5 nitrogen and oxygen atoms in total. The zero-order chi connectivity index (χ0) is 9.52. The molecule has 1 rings (SSSR count). The van der Waals surface area contributed by atoms with Crippen LogP contribution in [0.2, 0.25) is 0 Å². The van der Waals surface area contributed by atoms with E-state index in [-0.39, 0.29) is 0 Å². The number of isothiocyanates is 1. The third-order valence-electron chi connectivity index (χ3n) is 1.08. The van der Waals surface area contributed by atoms with Crippen molar-refractivity contribution in [2.24, 2.45) is 4.99 Å². The maximum atomic E-state index is 4.87. The Kier molecular flexibility index (Phi) is 4.28. The summed E-state index contributed by atoms with van der Waals surface area (Å²) >= 11 is -0.836. The van der Waals surface area contributed by atoms with Crippen molar-refractivity contribution in [3.05, 3.63) is 18.5 Å². The van der Waals surface area contributed by atoms with Crippen LogP contribution in [0.15, 0.2) is 23.5 Å². The lowest BCUT2D eigenvalue weighted by molar-refractivity contribution is 0.382. The zero-order valence-electron chi connectivity index (χ0n) is 7.30. The second-order valence-corrected chi connectivity index (χ2v) is 3.14. The Morgan fingerprint density at radius 2 is 1.92 bits per heavy atom. The Hall–Kier alpha value is -1.07. The third kappa shape index (κ3) is 3.43. The second kappa shape index (κ2) is 5.55. The highest BCUT2D eigenvalue weighted by Gasteiger charge is 1.88. The smallest absolute Gasteiger partial charge is 0.258 e. The number of nitrogens with zero attached hydrogens (tertiary/aromatic N) is 3. The monoisotopic (exact) mass is 199 g/mol. The van der Waals surface area contributed by atoms with Crippen LogP contribution in [0.3, 0.4) is 0 Å². The highest BCUT2D eigenvalue weighted by atomic mass is 32.2. The van der Waals surface area contributed by atoms with Crippen molar-refractivity contribution in [3.8, 4) is 0 Å². The van der Waals surface area contributed by atoms with Gasteiger partial charge < -0.3 is 0 Å². The Labute approximate surface area is 78.8 Å². The minimum absolute atomic E-state index is 0.342. The van der Waals surface area contributed by atoms with Gasteiger partial charge in [-0.2, -0.15) is 4.99 Å². The van der Waals surface area contributed by atoms with Crippen molar-refractivity contribution < 1.29 is 8.37 Å². The van der Waals surface area contributed by atoms with E-state index in [9.17, 15) is 0 Å². The summed E-state index contributed by atoms with van der Waals surface area (Å²) in [6, 6.07) is 1.71. The van der Waals surface area contributed by atoms with Gasteiger partial charge in [0.15, 0.2) is 0 Å². The molecule has 0 aliphatic rings. The molecule has 0 unspecified atom stereocenters.